The van der Waals surface area contributed by atoms with Crippen molar-refractivity contribution in [3.63, 3.8) is 0 Å². The molecule has 2 rings (SSSR count). The summed E-state index contributed by atoms with van der Waals surface area (Å²) >= 11 is 0. The maximum atomic E-state index is 11.7. The van der Waals surface area contributed by atoms with Crippen molar-refractivity contribution >= 4 is 6.03 Å². The predicted octanol–water partition coefficient (Wildman–Crippen LogP) is 1.84. The van der Waals surface area contributed by atoms with Crippen LogP contribution in [0, 0.1) is 11.8 Å². The number of urea groups is 1. The molecule has 2 amide bonds. The topological polar surface area (TPSA) is 32.3 Å². The molecule has 0 unspecified atom stereocenters. The van der Waals surface area contributed by atoms with Crippen molar-refractivity contribution in [3.05, 3.63) is 0 Å². The van der Waals surface area contributed by atoms with Gasteiger partial charge < -0.3 is 10.2 Å². The van der Waals surface area contributed by atoms with E-state index < -0.39 is 0 Å². The lowest BCUT2D eigenvalue weighted by atomic mass is 10.1. The molecular formula is C11H20N2O. The molecule has 0 spiro atoms. The monoisotopic (exact) mass is 196 g/mol. The molecule has 1 N–H and O–H groups in total. The van der Waals surface area contributed by atoms with Crippen LogP contribution >= 0.6 is 0 Å². The number of hydrogen-bond acceptors (Lipinski definition) is 1. The van der Waals surface area contributed by atoms with E-state index in [9.17, 15) is 4.79 Å². The van der Waals surface area contributed by atoms with Crippen molar-refractivity contribution in [1.29, 1.82) is 0 Å². The van der Waals surface area contributed by atoms with Gasteiger partial charge in [-0.2, -0.15) is 0 Å². The van der Waals surface area contributed by atoms with E-state index in [1.54, 1.807) is 4.90 Å². The molecule has 0 atom stereocenters. The summed E-state index contributed by atoms with van der Waals surface area (Å²) in [4.78, 5) is 13.4. The van der Waals surface area contributed by atoms with Gasteiger partial charge in [0.05, 0.1) is 0 Å². The van der Waals surface area contributed by atoms with Crippen LogP contribution in [-0.2, 0) is 0 Å². The molecule has 2 aliphatic rings. The van der Waals surface area contributed by atoms with Gasteiger partial charge >= 0.3 is 6.03 Å². The van der Waals surface area contributed by atoms with Crippen molar-refractivity contribution in [3.8, 4) is 0 Å². The summed E-state index contributed by atoms with van der Waals surface area (Å²) in [5.74, 6) is 1.58. The van der Waals surface area contributed by atoms with Gasteiger partial charge in [-0.15, -0.1) is 0 Å². The lowest BCUT2D eigenvalue weighted by Gasteiger charge is -2.22. The smallest absolute Gasteiger partial charge is 0.317 e. The van der Waals surface area contributed by atoms with E-state index in [4.69, 9.17) is 0 Å². The quantitative estimate of drug-likeness (QED) is 0.731. The molecule has 0 aromatic rings. The number of carbonyl (C=O) groups is 1. The van der Waals surface area contributed by atoms with Crippen LogP contribution in [0.4, 0.5) is 4.79 Å². The van der Waals surface area contributed by atoms with Crippen LogP contribution in [0.5, 0.6) is 0 Å². The molecule has 2 saturated carbocycles. The summed E-state index contributed by atoms with van der Waals surface area (Å²) in [6, 6.07) is 0.591. The third-order valence-corrected chi connectivity index (χ3v) is 3.37. The van der Waals surface area contributed by atoms with E-state index in [1.807, 2.05) is 14.0 Å². The Morgan fingerprint density at radius 3 is 2.21 bits per heavy atom. The van der Waals surface area contributed by atoms with E-state index in [-0.39, 0.29) is 6.03 Å². The maximum Gasteiger partial charge on any atom is 0.317 e. The van der Waals surface area contributed by atoms with Crippen molar-refractivity contribution in [1.82, 2.24) is 10.2 Å². The molecule has 0 aromatic carbocycles. The molecule has 80 valence electrons. The molecule has 3 heteroatoms. The van der Waals surface area contributed by atoms with E-state index >= 15 is 0 Å². The number of rotatable bonds is 4. The third kappa shape index (κ3) is 2.20. The molecule has 0 aromatic heterocycles. The van der Waals surface area contributed by atoms with Gasteiger partial charge in [-0.25, -0.2) is 4.79 Å². The van der Waals surface area contributed by atoms with Crippen LogP contribution in [0.15, 0.2) is 0 Å². The van der Waals surface area contributed by atoms with Gasteiger partial charge in [-0.1, -0.05) is 0 Å². The summed E-state index contributed by atoms with van der Waals surface area (Å²) in [7, 11) is 1.85. The first-order chi connectivity index (χ1) is 6.72. The largest absolute Gasteiger partial charge is 0.335 e. The zero-order valence-electron chi connectivity index (χ0n) is 9.12. The van der Waals surface area contributed by atoms with Gasteiger partial charge in [0, 0.05) is 19.6 Å². The summed E-state index contributed by atoms with van der Waals surface area (Å²) < 4.78 is 0. The second-order valence-corrected chi connectivity index (χ2v) is 4.66. The second kappa shape index (κ2) is 3.79. The number of nitrogens with zero attached hydrogens (tertiary/aromatic N) is 1. The Bertz CT molecular complexity index is 209. The third-order valence-electron chi connectivity index (χ3n) is 3.37. The first kappa shape index (κ1) is 9.81. The highest BCUT2D eigenvalue weighted by Gasteiger charge is 2.42. The highest BCUT2D eigenvalue weighted by atomic mass is 16.2. The molecule has 14 heavy (non-hydrogen) atoms. The van der Waals surface area contributed by atoms with Gasteiger partial charge in [0.1, 0.15) is 0 Å². The Kier molecular flexibility index (Phi) is 2.66. The maximum absolute atomic E-state index is 11.7. The molecule has 0 aliphatic heterocycles. The molecule has 3 nitrogen and oxygen atoms in total. The van der Waals surface area contributed by atoms with Crippen LogP contribution in [-0.4, -0.2) is 30.6 Å². The highest BCUT2D eigenvalue weighted by molar-refractivity contribution is 5.74. The lowest BCUT2D eigenvalue weighted by molar-refractivity contribution is 0.203. The van der Waals surface area contributed by atoms with Gasteiger partial charge in [0.25, 0.3) is 0 Å². The zero-order chi connectivity index (χ0) is 10.1. The zero-order valence-corrected chi connectivity index (χ0v) is 9.12. The van der Waals surface area contributed by atoms with Gasteiger partial charge in [0.2, 0.25) is 0 Å². The fourth-order valence-corrected chi connectivity index (χ4v) is 1.93. The molecular weight excluding hydrogens is 176 g/mol. The standard InChI is InChI=1S/C11H20N2O/c1-3-13(2)11(14)12-10(8-4-5-8)9-6-7-9/h8-10H,3-7H2,1-2H3,(H,12,14). The molecule has 2 aliphatic carbocycles. The minimum atomic E-state index is 0.108. The Labute approximate surface area is 85.8 Å². The Balaban J connectivity index is 1.83. The van der Waals surface area contributed by atoms with Crippen molar-refractivity contribution in [2.45, 2.75) is 38.6 Å². The van der Waals surface area contributed by atoms with Crippen molar-refractivity contribution < 1.29 is 4.79 Å². The molecule has 0 saturated heterocycles. The first-order valence-electron chi connectivity index (χ1n) is 5.74. The number of carbonyl (C=O) groups excluding carboxylic acids is 1. The van der Waals surface area contributed by atoms with Crippen LogP contribution in [0.3, 0.4) is 0 Å². The molecule has 2 fully saturated rings. The number of amides is 2. The summed E-state index contributed by atoms with van der Waals surface area (Å²) in [6.07, 6.45) is 5.27. The second-order valence-electron chi connectivity index (χ2n) is 4.66. The summed E-state index contributed by atoms with van der Waals surface area (Å²) in [5.41, 5.74) is 0. The minimum Gasteiger partial charge on any atom is -0.335 e. The van der Waals surface area contributed by atoms with Crippen LogP contribution in [0.25, 0.3) is 0 Å². The fraction of sp³-hybridized carbons (Fsp3) is 0.909. The normalized spacial score (nSPS) is 21.1. The first-order valence-corrected chi connectivity index (χ1v) is 5.74. The summed E-state index contributed by atoms with van der Waals surface area (Å²) in [6.45, 7) is 2.79. The van der Waals surface area contributed by atoms with Gasteiger partial charge in [-0.3, -0.25) is 0 Å². The Morgan fingerprint density at radius 1 is 1.36 bits per heavy atom. The minimum absolute atomic E-state index is 0.108. The van der Waals surface area contributed by atoms with E-state index in [2.05, 4.69) is 5.32 Å². The number of nitrogens with one attached hydrogen (secondary N) is 1. The average Bonchev–Trinajstić information content (AvgIpc) is 3.04. The van der Waals surface area contributed by atoms with Crippen molar-refractivity contribution in [2.75, 3.05) is 13.6 Å². The van der Waals surface area contributed by atoms with Crippen LogP contribution in [0.1, 0.15) is 32.6 Å². The Morgan fingerprint density at radius 2 is 1.86 bits per heavy atom. The van der Waals surface area contributed by atoms with E-state index in [0.29, 0.717) is 6.04 Å². The van der Waals surface area contributed by atoms with Crippen LogP contribution in [0.2, 0.25) is 0 Å². The Hall–Kier alpha value is -0.730. The fourth-order valence-electron chi connectivity index (χ4n) is 1.93. The van der Waals surface area contributed by atoms with Crippen molar-refractivity contribution in [2.24, 2.45) is 11.8 Å². The summed E-state index contributed by atoms with van der Waals surface area (Å²) in [5, 5.41) is 3.18. The highest BCUT2D eigenvalue weighted by Crippen LogP contribution is 2.44. The van der Waals surface area contributed by atoms with E-state index in [1.165, 1.54) is 25.7 Å². The SMILES string of the molecule is CCN(C)C(=O)NC(C1CC1)C1CC1. The van der Waals surface area contributed by atoms with Gasteiger partial charge in [-0.05, 0) is 44.4 Å². The number of hydrogen-bond donors (Lipinski definition) is 1. The average molecular weight is 196 g/mol. The van der Waals surface area contributed by atoms with Gasteiger partial charge in [0.15, 0.2) is 0 Å². The molecule has 0 bridgehead atoms. The van der Waals surface area contributed by atoms with Crippen LogP contribution < -0.4 is 5.32 Å². The molecule has 0 radical (unpaired) electrons. The molecule has 0 heterocycles. The van der Waals surface area contributed by atoms with E-state index in [0.717, 1.165) is 18.4 Å². The lowest BCUT2D eigenvalue weighted by Crippen LogP contribution is -2.45. The predicted molar refractivity (Wildman–Crippen MR) is 56.1 cm³/mol.